The van der Waals surface area contributed by atoms with E-state index in [2.05, 4.69) is 41.4 Å². The number of piperazine rings is 1. The lowest BCUT2D eigenvalue weighted by atomic mass is 10.1. The Labute approximate surface area is 154 Å². The van der Waals surface area contributed by atoms with Crippen molar-refractivity contribution in [2.24, 2.45) is 0 Å². The summed E-state index contributed by atoms with van der Waals surface area (Å²) in [5, 5.41) is 3.80. The molecule has 0 spiro atoms. The van der Waals surface area contributed by atoms with E-state index in [0.717, 1.165) is 43.3 Å². The SMILES string of the molecule is Cc1ccccc1CNC(=O)N1CCN(Cc2ccc(Cl)cc2)CC1. The molecule has 25 heavy (non-hydrogen) atoms. The molecule has 0 aliphatic carbocycles. The van der Waals surface area contributed by atoms with Gasteiger partial charge >= 0.3 is 6.03 Å². The number of amides is 2. The first-order valence-electron chi connectivity index (χ1n) is 8.66. The van der Waals surface area contributed by atoms with Crippen molar-refractivity contribution in [1.29, 1.82) is 0 Å². The van der Waals surface area contributed by atoms with Crippen LogP contribution in [0.3, 0.4) is 0 Å². The van der Waals surface area contributed by atoms with Crippen LogP contribution in [0.5, 0.6) is 0 Å². The molecular formula is C20H24ClN3O. The van der Waals surface area contributed by atoms with Gasteiger partial charge in [-0.05, 0) is 35.7 Å². The van der Waals surface area contributed by atoms with Gasteiger partial charge in [0, 0.05) is 44.3 Å². The zero-order valence-corrected chi connectivity index (χ0v) is 15.3. The minimum Gasteiger partial charge on any atom is -0.334 e. The van der Waals surface area contributed by atoms with Crippen molar-refractivity contribution >= 4 is 17.6 Å². The largest absolute Gasteiger partial charge is 0.334 e. The monoisotopic (exact) mass is 357 g/mol. The van der Waals surface area contributed by atoms with Gasteiger partial charge in [-0.2, -0.15) is 0 Å². The first kappa shape index (κ1) is 17.8. The lowest BCUT2D eigenvalue weighted by Gasteiger charge is -2.34. The summed E-state index contributed by atoms with van der Waals surface area (Å²) in [5.41, 5.74) is 3.62. The lowest BCUT2D eigenvalue weighted by molar-refractivity contribution is 0.135. The number of aryl methyl sites for hydroxylation is 1. The molecule has 1 aliphatic heterocycles. The molecule has 2 amide bonds. The van der Waals surface area contributed by atoms with Gasteiger partial charge in [-0.3, -0.25) is 4.90 Å². The first-order valence-corrected chi connectivity index (χ1v) is 9.04. The van der Waals surface area contributed by atoms with Gasteiger partial charge in [0.2, 0.25) is 0 Å². The van der Waals surface area contributed by atoms with Crippen LogP contribution in [0.1, 0.15) is 16.7 Å². The number of hydrogen-bond acceptors (Lipinski definition) is 2. The quantitative estimate of drug-likeness (QED) is 0.906. The van der Waals surface area contributed by atoms with E-state index in [1.165, 1.54) is 11.1 Å². The van der Waals surface area contributed by atoms with Crippen LogP contribution < -0.4 is 5.32 Å². The van der Waals surface area contributed by atoms with Crippen molar-refractivity contribution in [2.75, 3.05) is 26.2 Å². The fourth-order valence-corrected chi connectivity index (χ4v) is 3.17. The topological polar surface area (TPSA) is 35.6 Å². The highest BCUT2D eigenvalue weighted by atomic mass is 35.5. The van der Waals surface area contributed by atoms with Gasteiger partial charge in [0.25, 0.3) is 0 Å². The van der Waals surface area contributed by atoms with Crippen LogP contribution in [-0.2, 0) is 13.1 Å². The molecule has 0 unspecified atom stereocenters. The van der Waals surface area contributed by atoms with Gasteiger partial charge in [-0.25, -0.2) is 4.79 Å². The minimum absolute atomic E-state index is 0.0226. The summed E-state index contributed by atoms with van der Waals surface area (Å²) >= 11 is 5.93. The van der Waals surface area contributed by atoms with Gasteiger partial charge in [0.15, 0.2) is 0 Å². The van der Waals surface area contributed by atoms with E-state index >= 15 is 0 Å². The van der Waals surface area contributed by atoms with E-state index in [1.807, 2.05) is 29.2 Å². The van der Waals surface area contributed by atoms with Crippen molar-refractivity contribution in [3.8, 4) is 0 Å². The van der Waals surface area contributed by atoms with Gasteiger partial charge in [-0.15, -0.1) is 0 Å². The van der Waals surface area contributed by atoms with E-state index in [9.17, 15) is 4.79 Å². The molecule has 2 aromatic rings. The maximum Gasteiger partial charge on any atom is 0.317 e. The van der Waals surface area contributed by atoms with E-state index in [1.54, 1.807) is 0 Å². The highest BCUT2D eigenvalue weighted by molar-refractivity contribution is 6.30. The number of carbonyl (C=O) groups is 1. The Bertz CT molecular complexity index is 709. The van der Waals surface area contributed by atoms with Crippen LogP contribution in [0.25, 0.3) is 0 Å². The summed E-state index contributed by atoms with van der Waals surface area (Å²) in [6.45, 7) is 6.84. The third-order valence-electron chi connectivity index (χ3n) is 4.67. The van der Waals surface area contributed by atoms with E-state index in [-0.39, 0.29) is 6.03 Å². The zero-order chi connectivity index (χ0) is 17.6. The number of nitrogens with one attached hydrogen (secondary N) is 1. The van der Waals surface area contributed by atoms with Crippen LogP contribution in [0.4, 0.5) is 4.79 Å². The summed E-state index contributed by atoms with van der Waals surface area (Å²) < 4.78 is 0. The van der Waals surface area contributed by atoms with Crippen LogP contribution in [0, 0.1) is 6.92 Å². The molecular weight excluding hydrogens is 334 g/mol. The number of nitrogens with zero attached hydrogens (tertiary/aromatic N) is 2. The Morgan fingerprint density at radius 1 is 1.04 bits per heavy atom. The average Bonchev–Trinajstić information content (AvgIpc) is 2.63. The maximum atomic E-state index is 12.4. The second-order valence-electron chi connectivity index (χ2n) is 6.47. The van der Waals surface area contributed by atoms with Crippen LogP contribution >= 0.6 is 11.6 Å². The normalized spacial score (nSPS) is 15.2. The Morgan fingerprint density at radius 3 is 2.40 bits per heavy atom. The zero-order valence-electron chi connectivity index (χ0n) is 14.5. The molecule has 0 bridgehead atoms. The van der Waals surface area contributed by atoms with Crippen molar-refractivity contribution < 1.29 is 4.79 Å². The summed E-state index contributed by atoms with van der Waals surface area (Å²) in [6, 6.07) is 16.1. The summed E-state index contributed by atoms with van der Waals surface area (Å²) in [7, 11) is 0. The first-order chi connectivity index (χ1) is 12.1. The molecule has 0 atom stereocenters. The molecule has 5 heteroatoms. The minimum atomic E-state index is 0.0226. The Hall–Kier alpha value is -2.04. The summed E-state index contributed by atoms with van der Waals surface area (Å²) in [5.74, 6) is 0. The number of carbonyl (C=O) groups excluding carboxylic acids is 1. The van der Waals surface area contributed by atoms with Gasteiger partial charge in [-0.1, -0.05) is 48.0 Å². The standard InChI is InChI=1S/C20H24ClN3O/c1-16-4-2-3-5-18(16)14-22-20(25)24-12-10-23(11-13-24)15-17-6-8-19(21)9-7-17/h2-9H,10-15H2,1H3,(H,22,25). The van der Waals surface area contributed by atoms with Crippen LogP contribution in [0.2, 0.25) is 5.02 Å². The molecule has 0 saturated carbocycles. The Kier molecular flexibility index (Phi) is 5.95. The van der Waals surface area contributed by atoms with Crippen LogP contribution in [0.15, 0.2) is 48.5 Å². The smallest absolute Gasteiger partial charge is 0.317 e. The lowest BCUT2D eigenvalue weighted by Crippen LogP contribution is -2.51. The fourth-order valence-electron chi connectivity index (χ4n) is 3.05. The molecule has 0 radical (unpaired) electrons. The number of halogens is 1. The maximum absolute atomic E-state index is 12.4. The Balaban J connectivity index is 1.44. The summed E-state index contributed by atoms with van der Waals surface area (Å²) in [6.07, 6.45) is 0. The molecule has 1 N–H and O–H groups in total. The molecule has 0 aromatic heterocycles. The van der Waals surface area contributed by atoms with E-state index in [0.29, 0.717) is 6.54 Å². The summed E-state index contributed by atoms with van der Waals surface area (Å²) in [4.78, 5) is 16.6. The second kappa shape index (κ2) is 8.37. The molecule has 1 fully saturated rings. The van der Waals surface area contributed by atoms with Crippen molar-refractivity contribution in [3.05, 3.63) is 70.2 Å². The van der Waals surface area contributed by atoms with Crippen LogP contribution in [-0.4, -0.2) is 42.0 Å². The molecule has 132 valence electrons. The van der Waals surface area contributed by atoms with Crippen molar-refractivity contribution in [1.82, 2.24) is 15.1 Å². The highest BCUT2D eigenvalue weighted by Crippen LogP contribution is 2.13. The van der Waals surface area contributed by atoms with Gasteiger partial charge < -0.3 is 10.2 Å². The predicted octanol–water partition coefficient (Wildman–Crippen LogP) is 3.68. The molecule has 1 saturated heterocycles. The second-order valence-corrected chi connectivity index (χ2v) is 6.91. The molecule has 1 heterocycles. The number of rotatable bonds is 4. The molecule has 1 aliphatic rings. The number of hydrogen-bond donors (Lipinski definition) is 1. The third-order valence-corrected chi connectivity index (χ3v) is 4.92. The van der Waals surface area contributed by atoms with Gasteiger partial charge in [0.1, 0.15) is 0 Å². The number of benzene rings is 2. The van der Waals surface area contributed by atoms with Gasteiger partial charge in [0.05, 0.1) is 0 Å². The molecule has 3 rings (SSSR count). The van der Waals surface area contributed by atoms with E-state index < -0.39 is 0 Å². The fraction of sp³-hybridized carbons (Fsp3) is 0.350. The average molecular weight is 358 g/mol. The predicted molar refractivity (Wildman–Crippen MR) is 102 cm³/mol. The number of urea groups is 1. The highest BCUT2D eigenvalue weighted by Gasteiger charge is 2.20. The molecule has 2 aromatic carbocycles. The van der Waals surface area contributed by atoms with Crippen molar-refractivity contribution in [3.63, 3.8) is 0 Å². The Morgan fingerprint density at radius 2 is 1.72 bits per heavy atom. The van der Waals surface area contributed by atoms with E-state index in [4.69, 9.17) is 11.6 Å². The third kappa shape index (κ3) is 4.97. The van der Waals surface area contributed by atoms with Crippen molar-refractivity contribution in [2.45, 2.75) is 20.0 Å². The molecule has 4 nitrogen and oxygen atoms in total.